The van der Waals surface area contributed by atoms with Crippen molar-refractivity contribution in [3.05, 3.63) is 35.4 Å². The van der Waals surface area contributed by atoms with Crippen LogP contribution in [0, 0.1) is 0 Å². The lowest BCUT2D eigenvalue weighted by atomic mass is 10.1. The van der Waals surface area contributed by atoms with Crippen LogP contribution in [0.4, 0.5) is 0 Å². The first-order valence-corrected chi connectivity index (χ1v) is 9.90. The molecule has 1 aromatic rings. The van der Waals surface area contributed by atoms with E-state index in [2.05, 4.69) is 42.8 Å². The minimum atomic E-state index is 0.189. The van der Waals surface area contributed by atoms with Gasteiger partial charge in [-0.25, -0.2) is 0 Å². The molecule has 2 saturated heterocycles. The second kappa shape index (κ2) is 7.89. The predicted molar refractivity (Wildman–Crippen MR) is 102 cm³/mol. The summed E-state index contributed by atoms with van der Waals surface area (Å²) >= 11 is 1.98. The standard InChI is InChI=1S/C19H29N3OS/c1-15-12-22(13-16(2)24-15)19(23)18-6-4-5-17(11-18)14-21-9-7-20(3)8-10-21/h4-6,11,15-16H,7-10,12-14H2,1-3H3/t15-,16-/m0/s1. The lowest BCUT2D eigenvalue weighted by molar-refractivity contribution is 0.0753. The molecule has 0 saturated carbocycles. The van der Waals surface area contributed by atoms with Gasteiger partial charge in [-0.3, -0.25) is 9.69 Å². The summed E-state index contributed by atoms with van der Waals surface area (Å²) in [5, 5.41) is 1.04. The van der Waals surface area contributed by atoms with Crippen LogP contribution in [0.5, 0.6) is 0 Å². The molecular formula is C19H29N3OS. The van der Waals surface area contributed by atoms with Crippen molar-refractivity contribution in [1.82, 2.24) is 14.7 Å². The average molecular weight is 348 g/mol. The van der Waals surface area contributed by atoms with Crippen LogP contribution in [-0.2, 0) is 6.54 Å². The molecule has 4 nitrogen and oxygen atoms in total. The topological polar surface area (TPSA) is 26.8 Å². The molecular weight excluding hydrogens is 318 g/mol. The van der Waals surface area contributed by atoms with Crippen molar-refractivity contribution < 1.29 is 4.79 Å². The van der Waals surface area contributed by atoms with Crippen molar-refractivity contribution in [3.63, 3.8) is 0 Å². The Bertz CT molecular complexity index is 561. The lowest BCUT2D eigenvalue weighted by Crippen LogP contribution is -2.44. The van der Waals surface area contributed by atoms with Crippen LogP contribution in [0.25, 0.3) is 0 Å². The number of likely N-dealkylation sites (N-methyl/N-ethyl adjacent to an activating group) is 1. The first-order chi connectivity index (χ1) is 11.5. The zero-order chi connectivity index (χ0) is 17.1. The second-order valence-corrected chi connectivity index (χ2v) is 9.13. The Morgan fingerprint density at radius 3 is 2.46 bits per heavy atom. The highest BCUT2D eigenvalue weighted by Crippen LogP contribution is 2.26. The Hall–Kier alpha value is -1.04. The van der Waals surface area contributed by atoms with Crippen LogP contribution < -0.4 is 0 Å². The number of amides is 1. The molecule has 2 fully saturated rings. The number of carbonyl (C=O) groups is 1. The minimum Gasteiger partial charge on any atom is -0.336 e. The van der Waals surface area contributed by atoms with Gasteiger partial charge in [0.05, 0.1) is 0 Å². The molecule has 0 unspecified atom stereocenters. The maximum absolute atomic E-state index is 12.9. The number of carbonyl (C=O) groups excluding carboxylic acids is 1. The summed E-state index contributed by atoms with van der Waals surface area (Å²) in [6.45, 7) is 11.5. The number of benzene rings is 1. The molecule has 3 rings (SSSR count). The fraction of sp³-hybridized carbons (Fsp3) is 0.632. The largest absolute Gasteiger partial charge is 0.336 e. The molecule has 1 amide bonds. The van der Waals surface area contributed by atoms with Gasteiger partial charge in [0.15, 0.2) is 0 Å². The van der Waals surface area contributed by atoms with Gasteiger partial charge in [0, 0.05) is 61.9 Å². The van der Waals surface area contributed by atoms with Gasteiger partial charge in [-0.2, -0.15) is 11.8 Å². The van der Waals surface area contributed by atoms with Gasteiger partial charge in [0.1, 0.15) is 0 Å². The summed E-state index contributed by atoms with van der Waals surface area (Å²) in [6, 6.07) is 8.24. The van der Waals surface area contributed by atoms with Gasteiger partial charge in [0.2, 0.25) is 0 Å². The number of piperazine rings is 1. The summed E-state index contributed by atoms with van der Waals surface area (Å²) in [6.07, 6.45) is 0. The molecule has 2 heterocycles. The normalized spacial score (nSPS) is 26.5. The summed E-state index contributed by atoms with van der Waals surface area (Å²) in [5.74, 6) is 0.189. The number of thioether (sulfide) groups is 1. The first kappa shape index (κ1) is 17.8. The van der Waals surface area contributed by atoms with Crippen molar-refractivity contribution in [2.45, 2.75) is 30.9 Å². The van der Waals surface area contributed by atoms with E-state index in [-0.39, 0.29) is 5.91 Å². The molecule has 2 atom stereocenters. The zero-order valence-corrected chi connectivity index (χ0v) is 15.9. The minimum absolute atomic E-state index is 0.189. The van der Waals surface area contributed by atoms with Crippen LogP contribution in [0.2, 0.25) is 0 Å². The van der Waals surface area contributed by atoms with Crippen LogP contribution in [0.1, 0.15) is 29.8 Å². The van der Waals surface area contributed by atoms with Gasteiger partial charge in [-0.1, -0.05) is 26.0 Å². The molecule has 0 bridgehead atoms. The second-order valence-electron chi connectivity index (χ2n) is 7.25. The Labute approximate surface area is 150 Å². The van der Waals surface area contributed by atoms with Crippen molar-refractivity contribution >= 4 is 17.7 Å². The molecule has 1 aromatic carbocycles. The third-order valence-corrected chi connectivity index (χ3v) is 6.11. The molecule has 24 heavy (non-hydrogen) atoms. The van der Waals surface area contributed by atoms with Crippen LogP contribution >= 0.6 is 11.8 Å². The van der Waals surface area contributed by atoms with E-state index in [1.165, 1.54) is 5.56 Å². The third kappa shape index (κ3) is 4.52. The van der Waals surface area contributed by atoms with Crippen LogP contribution in [-0.4, -0.2) is 77.4 Å². The van der Waals surface area contributed by atoms with Crippen molar-refractivity contribution in [2.24, 2.45) is 0 Å². The van der Waals surface area contributed by atoms with E-state index in [4.69, 9.17) is 0 Å². The first-order valence-electron chi connectivity index (χ1n) is 8.96. The van der Waals surface area contributed by atoms with Crippen LogP contribution in [0.3, 0.4) is 0 Å². The highest BCUT2D eigenvalue weighted by atomic mass is 32.2. The van der Waals surface area contributed by atoms with Gasteiger partial charge < -0.3 is 9.80 Å². The van der Waals surface area contributed by atoms with Gasteiger partial charge in [-0.15, -0.1) is 0 Å². The maximum atomic E-state index is 12.9. The van der Waals surface area contributed by atoms with E-state index < -0.39 is 0 Å². The molecule has 0 aliphatic carbocycles. The van der Waals surface area contributed by atoms with Gasteiger partial charge in [-0.05, 0) is 24.7 Å². The van der Waals surface area contributed by atoms with E-state index in [1.807, 2.05) is 28.8 Å². The van der Waals surface area contributed by atoms with Crippen molar-refractivity contribution in [1.29, 1.82) is 0 Å². The molecule has 2 aliphatic rings. The fourth-order valence-electron chi connectivity index (χ4n) is 3.59. The Kier molecular flexibility index (Phi) is 5.85. The highest BCUT2D eigenvalue weighted by molar-refractivity contribution is 8.00. The Balaban J connectivity index is 1.65. The fourth-order valence-corrected chi connectivity index (χ4v) is 4.92. The number of nitrogens with zero attached hydrogens (tertiary/aromatic N) is 3. The Morgan fingerprint density at radius 2 is 1.79 bits per heavy atom. The predicted octanol–water partition coefficient (Wildman–Crippen LogP) is 2.40. The van der Waals surface area contributed by atoms with E-state index in [9.17, 15) is 4.79 Å². The Morgan fingerprint density at radius 1 is 1.12 bits per heavy atom. The van der Waals surface area contributed by atoms with E-state index >= 15 is 0 Å². The summed E-state index contributed by atoms with van der Waals surface area (Å²) in [5.41, 5.74) is 2.09. The molecule has 0 aromatic heterocycles. The molecule has 0 N–H and O–H groups in total. The van der Waals surface area contributed by atoms with E-state index in [0.29, 0.717) is 10.5 Å². The summed E-state index contributed by atoms with van der Waals surface area (Å²) < 4.78 is 0. The number of rotatable bonds is 3. The average Bonchev–Trinajstić information content (AvgIpc) is 2.56. The smallest absolute Gasteiger partial charge is 0.253 e. The monoisotopic (exact) mass is 347 g/mol. The van der Waals surface area contributed by atoms with Gasteiger partial charge >= 0.3 is 0 Å². The third-order valence-electron chi connectivity index (χ3n) is 4.88. The molecule has 0 radical (unpaired) electrons. The molecule has 0 spiro atoms. The zero-order valence-electron chi connectivity index (χ0n) is 15.1. The van der Waals surface area contributed by atoms with Crippen molar-refractivity contribution in [3.8, 4) is 0 Å². The maximum Gasteiger partial charge on any atom is 0.253 e. The van der Waals surface area contributed by atoms with Gasteiger partial charge in [0.25, 0.3) is 5.91 Å². The lowest BCUT2D eigenvalue weighted by Gasteiger charge is -2.35. The molecule has 2 aliphatic heterocycles. The number of hydrogen-bond donors (Lipinski definition) is 0. The van der Waals surface area contributed by atoms with E-state index in [0.717, 1.165) is 51.4 Å². The van der Waals surface area contributed by atoms with Crippen molar-refractivity contribution in [2.75, 3.05) is 46.3 Å². The summed E-state index contributed by atoms with van der Waals surface area (Å²) in [4.78, 5) is 19.7. The molecule has 132 valence electrons. The quantitative estimate of drug-likeness (QED) is 0.839. The molecule has 5 heteroatoms. The SMILES string of the molecule is C[C@H]1CN(C(=O)c2cccc(CN3CCN(C)CC3)c2)C[C@H](C)S1. The summed E-state index contributed by atoms with van der Waals surface area (Å²) in [7, 11) is 2.18. The number of hydrogen-bond acceptors (Lipinski definition) is 4. The van der Waals surface area contributed by atoms with E-state index in [1.54, 1.807) is 0 Å². The van der Waals surface area contributed by atoms with Crippen LogP contribution in [0.15, 0.2) is 24.3 Å². The highest BCUT2D eigenvalue weighted by Gasteiger charge is 2.26.